The van der Waals surface area contributed by atoms with E-state index in [1.54, 1.807) is 12.1 Å². The number of benzene rings is 1. The zero-order valence-corrected chi connectivity index (χ0v) is 9.91. The summed E-state index contributed by atoms with van der Waals surface area (Å²) in [6.45, 7) is 0.194. The van der Waals surface area contributed by atoms with Gasteiger partial charge in [-0.15, -0.1) is 0 Å². The highest BCUT2D eigenvalue weighted by molar-refractivity contribution is 5.95. The lowest BCUT2D eigenvalue weighted by Gasteiger charge is -2.08. The summed E-state index contributed by atoms with van der Waals surface area (Å²) < 4.78 is 1.43. The van der Waals surface area contributed by atoms with Crippen LogP contribution in [0, 0.1) is 0 Å². The molecular weight excluding hydrogens is 248 g/mol. The minimum atomic E-state index is -1.10. The third-order valence-corrected chi connectivity index (χ3v) is 2.65. The molecule has 2 aromatic rings. The molecular formula is C12H12N4O3. The Morgan fingerprint density at radius 2 is 2.11 bits per heavy atom. The summed E-state index contributed by atoms with van der Waals surface area (Å²) in [6.07, 6.45) is 2.78. The summed E-state index contributed by atoms with van der Waals surface area (Å²) >= 11 is 0. The van der Waals surface area contributed by atoms with Gasteiger partial charge in [0.1, 0.15) is 0 Å². The highest BCUT2D eigenvalue weighted by Gasteiger charge is 2.14. The number of carbonyl (C=O) groups excluding carboxylic acids is 1. The molecule has 0 unspecified atom stereocenters. The first-order valence-corrected chi connectivity index (χ1v) is 5.42. The standard InChI is InChI=1S/C12H12N4O3/c13-9-3-1-2-7(10(9)12(18)19)5-16-6-8(4-15-16)11(14)17/h1-4,6H,5,13H2,(H2,14,17)(H,18,19). The number of carboxylic acids is 1. The Morgan fingerprint density at radius 1 is 1.37 bits per heavy atom. The van der Waals surface area contributed by atoms with Gasteiger partial charge in [0.25, 0.3) is 5.91 Å². The van der Waals surface area contributed by atoms with E-state index in [1.807, 2.05) is 0 Å². The molecule has 19 heavy (non-hydrogen) atoms. The second-order valence-corrected chi connectivity index (χ2v) is 3.98. The average Bonchev–Trinajstić information content (AvgIpc) is 2.77. The Balaban J connectivity index is 2.35. The van der Waals surface area contributed by atoms with Gasteiger partial charge in [0, 0.05) is 11.9 Å². The lowest BCUT2D eigenvalue weighted by molar-refractivity contribution is 0.0696. The number of amides is 1. The van der Waals surface area contributed by atoms with E-state index in [0.717, 1.165) is 0 Å². The van der Waals surface area contributed by atoms with Gasteiger partial charge >= 0.3 is 5.97 Å². The van der Waals surface area contributed by atoms with Crippen LogP contribution in [-0.2, 0) is 6.54 Å². The minimum Gasteiger partial charge on any atom is -0.478 e. The van der Waals surface area contributed by atoms with Crippen LogP contribution in [0.25, 0.3) is 0 Å². The fourth-order valence-corrected chi connectivity index (χ4v) is 1.76. The zero-order valence-electron chi connectivity index (χ0n) is 9.91. The molecule has 0 bridgehead atoms. The van der Waals surface area contributed by atoms with Gasteiger partial charge in [0.2, 0.25) is 0 Å². The molecule has 2 rings (SSSR count). The summed E-state index contributed by atoms with van der Waals surface area (Å²) in [5.41, 5.74) is 11.8. The van der Waals surface area contributed by atoms with E-state index in [1.165, 1.54) is 23.1 Å². The smallest absolute Gasteiger partial charge is 0.338 e. The van der Waals surface area contributed by atoms with Crippen molar-refractivity contribution in [2.45, 2.75) is 6.54 Å². The molecule has 7 heteroatoms. The van der Waals surface area contributed by atoms with Crippen LogP contribution >= 0.6 is 0 Å². The molecule has 5 N–H and O–H groups in total. The van der Waals surface area contributed by atoms with Crippen LogP contribution in [0.2, 0.25) is 0 Å². The molecule has 7 nitrogen and oxygen atoms in total. The second kappa shape index (κ2) is 4.81. The predicted molar refractivity (Wildman–Crippen MR) is 67.7 cm³/mol. The third kappa shape index (κ3) is 2.54. The van der Waals surface area contributed by atoms with Crippen LogP contribution in [-0.4, -0.2) is 26.8 Å². The van der Waals surface area contributed by atoms with Crippen molar-refractivity contribution in [3.63, 3.8) is 0 Å². The summed E-state index contributed by atoms with van der Waals surface area (Å²) in [5, 5.41) is 13.1. The van der Waals surface area contributed by atoms with E-state index in [4.69, 9.17) is 16.6 Å². The third-order valence-electron chi connectivity index (χ3n) is 2.65. The van der Waals surface area contributed by atoms with Gasteiger partial charge in [-0.1, -0.05) is 12.1 Å². The minimum absolute atomic E-state index is 0.0404. The number of carboxylic acid groups (broad SMARTS) is 1. The summed E-state index contributed by atoms with van der Waals surface area (Å²) in [5.74, 6) is -1.69. The SMILES string of the molecule is NC(=O)c1cnn(Cc2cccc(N)c2C(=O)O)c1. The van der Waals surface area contributed by atoms with Crippen molar-refractivity contribution in [1.29, 1.82) is 0 Å². The lowest BCUT2D eigenvalue weighted by atomic mass is 10.1. The Bertz CT molecular complexity index is 648. The highest BCUT2D eigenvalue weighted by atomic mass is 16.4. The maximum Gasteiger partial charge on any atom is 0.338 e. The molecule has 0 aliphatic heterocycles. The first-order valence-electron chi connectivity index (χ1n) is 5.42. The van der Waals surface area contributed by atoms with Crippen molar-refractivity contribution in [3.05, 3.63) is 47.3 Å². The van der Waals surface area contributed by atoms with Crippen molar-refractivity contribution in [3.8, 4) is 0 Å². The number of aromatic carboxylic acids is 1. The largest absolute Gasteiger partial charge is 0.478 e. The van der Waals surface area contributed by atoms with Gasteiger partial charge in [-0.25, -0.2) is 4.79 Å². The highest BCUT2D eigenvalue weighted by Crippen LogP contribution is 2.18. The zero-order chi connectivity index (χ0) is 14.0. The summed E-state index contributed by atoms with van der Waals surface area (Å²) in [4.78, 5) is 22.1. The molecule has 0 radical (unpaired) electrons. The second-order valence-electron chi connectivity index (χ2n) is 3.98. The van der Waals surface area contributed by atoms with Crippen LogP contribution in [0.4, 0.5) is 5.69 Å². The summed E-state index contributed by atoms with van der Waals surface area (Å²) in [6, 6.07) is 4.83. The predicted octanol–water partition coefficient (Wildman–Crippen LogP) is 0.311. The lowest BCUT2D eigenvalue weighted by Crippen LogP contribution is -2.11. The van der Waals surface area contributed by atoms with E-state index in [9.17, 15) is 9.59 Å². The molecule has 1 aromatic carbocycles. The maximum absolute atomic E-state index is 11.2. The Hall–Kier alpha value is -2.83. The van der Waals surface area contributed by atoms with Crippen molar-refractivity contribution >= 4 is 17.6 Å². The molecule has 98 valence electrons. The molecule has 0 fully saturated rings. The quantitative estimate of drug-likeness (QED) is 0.682. The Morgan fingerprint density at radius 3 is 2.68 bits per heavy atom. The van der Waals surface area contributed by atoms with Crippen LogP contribution in [0.15, 0.2) is 30.6 Å². The number of hydrogen-bond acceptors (Lipinski definition) is 4. The molecule has 1 heterocycles. The van der Waals surface area contributed by atoms with Crippen LogP contribution < -0.4 is 11.5 Å². The van der Waals surface area contributed by atoms with Crippen molar-refractivity contribution in [2.24, 2.45) is 5.73 Å². The van der Waals surface area contributed by atoms with Crippen LogP contribution in [0.1, 0.15) is 26.3 Å². The van der Waals surface area contributed by atoms with Gasteiger partial charge in [0.15, 0.2) is 0 Å². The van der Waals surface area contributed by atoms with Gasteiger partial charge < -0.3 is 16.6 Å². The van der Waals surface area contributed by atoms with E-state index >= 15 is 0 Å². The summed E-state index contributed by atoms with van der Waals surface area (Å²) in [7, 11) is 0. The number of primary amides is 1. The number of aromatic nitrogens is 2. The Labute approximate surface area is 108 Å². The van der Waals surface area contributed by atoms with Gasteiger partial charge in [-0.3, -0.25) is 9.48 Å². The fourth-order valence-electron chi connectivity index (χ4n) is 1.76. The van der Waals surface area contributed by atoms with Gasteiger partial charge in [-0.05, 0) is 11.6 Å². The van der Waals surface area contributed by atoms with E-state index in [-0.39, 0.29) is 23.4 Å². The monoisotopic (exact) mass is 260 g/mol. The maximum atomic E-state index is 11.2. The van der Waals surface area contributed by atoms with E-state index < -0.39 is 11.9 Å². The number of nitrogen functional groups attached to an aromatic ring is 1. The van der Waals surface area contributed by atoms with Crippen molar-refractivity contribution < 1.29 is 14.7 Å². The molecule has 0 saturated carbocycles. The van der Waals surface area contributed by atoms with Crippen LogP contribution in [0.3, 0.4) is 0 Å². The fraction of sp³-hybridized carbons (Fsp3) is 0.0833. The average molecular weight is 260 g/mol. The van der Waals surface area contributed by atoms with Crippen LogP contribution in [0.5, 0.6) is 0 Å². The number of rotatable bonds is 4. The molecule has 1 aromatic heterocycles. The number of nitrogens with two attached hydrogens (primary N) is 2. The first kappa shape index (κ1) is 12.6. The number of hydrogen-bond donors (Lipinski definition) is 3. The molecule has 1 amide bonds. The van der Waals surface area contributed by atoms with E-state index in [2.05, 4.69) is 5.10 Å². The molecule has 0 atom stereocenters. The Kier molecular flexibility index (Phi) is 3.19. The first-order chi connectivity index (χ1) is 8.99. The molecule has 0 aliphatic carbocycles. The van der Waals surface area contributed by atoms with Crippen molar-refractivity contribution in [2.75, 3.05) is 5.73 Å². The molecule has 0 saturated heterocycles. The molecule has 0 spiro atoms. The number of nitrogens with zero attached hydrogens (tertiary/aromatic N) is 2. The van der Waals surface area contributed by atoms with Gasteiger partial charge in [0.05, 0.1) is 23.9 Å². The topological polar surface area (TPSA) is 124 Å². The van der Waals surface area contributed by atoms with Gasteiger partial charge in [-0.2, -0.15) is 5.10 Å². The van der Waals surface area contributed by atoms with E-state index in [0.29, 0.717) is 5.56 Å². The number of carbonyl (C=O) groups is 2. The van der Waals surface area contributed by atoms with Crippen molar-refractivity contribution in [1.82, 2.24) is 9.78 Å². The normalized spacial score (nSPS) is 10.3. The molecule has 0 aliphatic rings. The number of anilines is 1.